The highest BCUT2D eigenvalue weighted by Gasteiger charge is 2.53. The Morgan fingerprint density at radius 1 is 1.19 bits per heavy atom. The highest BCUT2D eigenvalue weighted by atomic mass is 35.5. The SMILES string of the molecule is O=C1CC(C(=O)NCCNS(=O)(=O)c2ccc(Cl)cc2)C2(CCCC2)O1. The van der Waals surface area contributed by atoms with Crippen molar-refractivity contribution in [1.29, 1.82) is 0 Å². The summed E-state index contributed by atoms with van der Waals surface area (Å²) in [6.07, 6.45) is 3.39. The summed E-state index contributed by atoms with van der Waals surface area (Å²) >= 11 is 5.75. The minimum Gasteiger partial charge on any atom is -0.458 e. The average molecular weight is 401 g/mol. The molecule has 1 aromatic carbocycles. The van der Waals surface area contributed by atoms with Crippen molar-refractivity contribution in [3.05, 3.63) is 29.3 Å². The summed E-state index contributed by atoms with van der Waals surface area (Å²) in [5.74, 6) is -1.09. The molecule has 0 aromatic heterocycles. The first kappa shape index (κ1) is 19.1. The number of hydrogen-bond donors (Lipinski definition) is 2. The van der Waals surface area contributed by atoms with Gasteiger partial charge in [-0.25, -0.2) is 13.1 Å². The van der Waals surface area contributed by atoms with Gasteiger partial charge >= 0.3 is 5.97 Å². The number of esters is 1. The number of carbonyl (C=O) groups excluding carboxylic acids is 2. The topological polar surface area (TPSA) is 102 Å². The molecule has 0 radical (unpaired) electrons. The van der Waals surface area contributed by atoms with Crippen molar-refractivity contribution < 1.29 is 22.7 Å². The number of amides is 1. The van der Waals surface area contributed by atoms with Crippen LogP contribution in [0.2, 0.25) is 5.02 Å². The first-order valence-electron chi connectivity index (χ1n) is 8.57. The summed E-state index contributed by atoms with van der Waals surface area (Å²) in [6.45, 7) is 0.178. The molecule has 1 saturated heterocycles. The molecule has 2 N–H and O–H groups in total. The largest absolute Gasteiger partial charge is 0.458 e. The molecule has 2 fully saturated rings. The lowest BCUT2D eigenvalue weighted by Crippen LogP contribution is -2.44. The Morgan fingerprint density at radius 3 is 2.50 bits per heavy atom. The molecule has 1 spiro atoms. The average Bonchev–Trinajstić information content (AvgIpc) is 3.19. The Labute approximate surface area is 157 Å². The van der Waals surface area contributed by atoms with Crippen LogP contribution in [0.15, 0.2) is 29.2 Å². The molecule has 0 bridgehead atoms. The third kappa shape index (κ3) is 4.02. The standard InChI is InChI=1S/C17H21ClN2O5S/c18-12-3-5-13(6-4-12)26(23,24)20-10-9-19-16(22)14-11-15(21)25-17(14)7-1-2-8-17/h3-6,14,20H,1-2,7-11H2,(H,19,22). The second kappa shape index (κ2) is 7.54. The van der Waals surface area contributed by atoms with E-state index in [1.807, 2.05) is 0 Å². The minimum absolute atomic E-state index is 0.0468. The van der Waals surface area contributed by atoms with Crippen LogP contribution in [-0.4, -0.2) is 39.0 Å². The zero-order valence-electron chi connectivity index (χ0n) is 14.2. The van der Waals surface area contributed by atoms with Crippen LogP contribution in [0.4, 0.5) is 0 Å². The van der Waals surface area contributed by atoms with E-state index >= 15 is 0 Å². The molecular formula is C17H21ClN2O5S. The third-order valence-electron chi connectivity index (χ3n) is 4.93. The van der Waals surface area contributed by atoms with Gasteiger partial charge in [-0.1, -0.05) is 11.6 Å². The van der Waals surface area contributed by atoms with Crippen LogP contribution < -0.4 is 10.0 Å². The van der Waals surface area contributed by atoms with Gasteiger partial charge in [0, 0.05) is 18.1 Å². The quantitative estimate of drug-likeness (QED) is 0.558. The fourth-order valence-corrected chi connectivity index (χ4v) is 4.80. The van der Waals surface area contributed by atoms with Crippen LogP contribution in [0.5, 0.6) is 0 Å². The van der Waals surface area contributed by atoms with Crippen molar-refractivity contribution in [2.24, 2.45) is 5.92 Å². The van der Waals surface area contributed by atoms with Gasteiger partial charge in [-0.3, -0.25) is 9.59 Å². The molecule has 1 heterocycles. The maximum Gasteiger partial charge on any atom is 0.307 e. The Kier molecular flexibility index (Phi) is 5.55. The number of halogens is 1. The smallest absolute Gasteiger partial charge is 0.307 e. The van der Waals surface area contributed by atoms with Crippen molar-refractivity contribution >= 4 is 33.5 Å². The number of ether oxygens (including phenoxy) is 1. The first-order chi connectivity index (χ1) is 12.3. The van der Waals surface area contributed by atoms with Gasteiger partial charge in [0.25, 0.3) is 0 Å². The molecule has 142 valence electrons. The van der Waals surface area contributed by atoms with Gasteiger partial charge in [0.2, 0.25) is 15.9 Å². The number of benzene rings is 1. The van der Waals surface area contributed by atoms with Crippen molar-refractivity contribution in [3.8, 4) is 0 Å². The van der Waals surface area contributed by atoms with Gasteiger partial charge in [0.05, 0.1) is 17.2 Å². The number of nitrogens with one attached hydrogen (secondary N) is 2. The Morgan fingerprint density at radius 2 is 1.85 bits per heavy atom. The normalized spacial score (nSPS) is 21.7. The van der Waals surface area contributed by atoms with E-state index in [9.17, 15) is 18.0 Å². The summed E-state index contributed by atoms with van der Waals surface area (Å²) in [5.41, 5.74) is -0.663. The van der Waals surface area contributed by atoms with E-state index in [2.05, 4.69) is 10.0 Å². The second-order valence-corrected chi connectivity index (χ2v) is 8.85. The Balaban J connectivity index is 1.51. The van der Waals surface area contributed by atoms with Crippen LogP contribution in [0, 0.1) is 5.92 Å². The summed E-state index contributed by atoms with van der Waals surface area (Å²) < 4.78 is 32.2. The van der Waals surface area contributed by atoms with E-state index in [1.165, 1.54) is 24.3 Å². The van der Waals surface area contributed by atoms with Gasteiger partial charge in [0.1, 0.15) is 5.60 Å². The van der Waals surface area contributed by atoms with Crippen molar-refractivity contribution in [2.45, 2.75) is 42.6 Å². The molecule has 1 aliphatic heterocycles. The molecule has 3 rings (SSSR count). The fraction of sp³-hybridized carbons (Fsp3) is 0.529. The number of rotatable bonds is 6. The van der Waals surface area contributed by atoms with E-state index in [0.29, 0.717) is 17.9 Å². The molecule has 9 heteroatoms. The molecule has 1 atom stereocenters. The van der Waals surface area contributed by atoms with E-state index in [4.69, 9.17) is 16.3 Å². The third-order valence-corrected chi connectivity index (χ3v) is 6.66. The Hall–Kier alpha value is -1.64. The summed E-state index contributed by atoms with van der Waals surface area (Å²) in [4.78, 5) is 24.2. The van der Waals surface area contributed by atoms with Gasteiger partial charge in [0.15, 0.2) is 0 Å². The van der Waals surface area contributed by atoms with Crippen LogP contribution in [0.1, 0.15) is 32.1 Å². The summed E-state index contributed by atoms with van der Waals surface area (Å²) in [7, 11) is -3.66. The zero-order chi connectivity index (χ0) is 18.8. The minimum atomic E-state index is -3.66. The fourth-order valence-electron chi connectivity index (χ4n) is 3.64. The highest BCUT2D eigenvalue weighted by Crippen LogP contribution is 2.45. The number of sulfonamides is 1. The maximum atomic E-state index is 12.4. The number of carbonyl (C=O) groups is 2. The summed E-state index contributed by atoms with van der Waals surface area (Å²) in [5, 5.41) is 3.16. The van der Waals surface area contributed by atoms with Crippen molar-refractivity contribution in [1.82, 2.24) is 10.0 Å². The Bertz CT molecular complexity index is 788. The van der Waals surface area contributed by atoms with Crippen molar-refractivity contribution in [2.75, 3.05) is 13.1 Å². The van der Waals surface area contributed by atoms with Gasteiger partial charge < -0.3 is 10.1 Å². The molecule has 1 aliphatic carbocycles. The predicted molar refractivity (Wildman–Crippen MR) is 95.0 cm³/mol. The van der Waals surface area contributed by atoms with E-state index < -0.39 is 21.5 Å². The summed E-state index contributed by atoms with van der Waals surface area (Å²) in [6, 6.07) is 5.81. The lowest BCUT2D eigenvalue weighted by molar-refractivity contribution is -0.149. The molecule has 1 saturated carbocycles. The van der Waals surface area contributed by atoms with E-state index in [1.54, 1.807) is 0 Å². The lowest BCUT2D eigenvalue weighted by atomic mass is 9.85. The van der Waals surface area contributed by atoms with Gasteiger partial charge in [-0.2, -0.15) is 0 Å². The molecule has 7 nitrogen and oxygen atoms in total. The van der Waals surface area contributed by atoms with Crippen LogP contribution in [0.3, 0.4) is 0 Å². The molecular weight excluding hydrogens is 380 g/mol. The van der Waals surface area contributed by atoms with Gasteiger partial charge in [-0.05, 0) is 49.9 Å². The molecule has 1 amide bonds. The molecule has 26 heavy (non-hydrogen) atoms. The zero-order valence-corrected chi connectivity index (χ0v) is 15.7. The van der Waals surface area contributed by atoms with Gasteiger partial charge in [-0.15, -0.1) is 0 Å². The molecule has 1 unspecified atom stereocenters. The van der Waals surface area contributed by atoms with Crippen LogP contribution in [-0.2, 0) is 24.3 Å². The number of hydrogen-bond acceptors (Lipinski definition) is 5. The van der Waals surface area contributed by atoms with Crippen LogP contribution in [0.25, 0.3) is 0 Å². The first-order valence-corrected chi connectivity index (χ1v) is 10.4. The van der Waals surface area contributed by atoms with E-state index in [-0.39, 0.29) is 36.3 Å². The lowest BCUT2D eigenvalue weighted by Gasteiger charge is -2.27. The maximum absolute atomic E-state index is 12.4. The monoisotopic (exact) mass is 400 g/mol. The van der Waals surface area contributed by atoms with Crippen LogP contribution >= 0.6 is 11.6 Å². The second-order valence-electron chi connectivity index (χ2n) is 6.65. The highest BCUT2D eigenvalue weighted by molar-refractivity contribution is 7.89. The molecule has 2 aliphatic rings. The van der Waals surface area contributed by atoms with E-state index in [0.717, 1.165) is 12.8 Å². The predicted octanol–water partition coefficient (Wildman–Crippen LogP) is 1.61. The molecule has 1 aromatic rings. The van der Waals surface area contributed by atoms with Crippen molar-refractivity contribution in [3.63, 3.8) is 0 Å².